The molecule has 1 atom stereocenters. The summed E-state index contributed by atoms with van der Waals surface area (Å²) in [5, 5.41) is 0. The molecule has 0 radical (unpaired) electrons. The Bertz CT molecular complexity index is 1120. The first-order valence-electron chi connectivity index (χ1n) is 10.5. The molecule has 0 saturated heterocycles. The Morgan fingerprint density at radius 3 is 2.50 bits per heavy atom. The molecule has 1 unspecified atom stereocenters. The molecule has 4 aromatic rings. The first-order chi connectivity index (χ1) is 14.6. The number of ether oxygens (including phenoxy) is 2. The van der Waals surface area contributed by atoms with Gasteiger partial charge in [0.2, 0.25) is 0 Å². The van der Waals surface area contributed by atoms with Crippen LogP contribution < -0.4 is 9.47 Å². The first-order valence-corrected chi connectivity index (χ1v) is 10.5. The number of aryl methyl sites for hydroxylation is 3. The van der Waals surface area contributed by atoms with Crippen LogP contribution in [0.5, 0.6) is 11.5 Å². The number of imidazole rings is 1. The summed E-state index contributed by atoms with van der Waals surface area (Å²) in [4.78, 5) is 4.87. The Morgan fingerprint density at radius 2 is 1.70 bits per heavy atom. The minimum absolute atomic E-state index is 0.153. The lowest BCUT2D eigenvalue weighted by molar-refractivity contribution is 0.210. The van der Waals surface area contributed by atoms with Crippen molar-refractivity contribution in [3.8, 4) is 11.5 Å². The zero-order valence-corrected chi connectivity index (χ0v) is 17.8. The van der Waals surface area contributed by atoms with E-state index >= 15 is 0 Å². The van der Waals surface area contributed by atoms with E-state index in [0.717, 1.165) is 41.3 Å². The first kappa shape index (κ1) is 20.0. The highest BCUT2D eigenvalue weighted by molar-refractivity contribution is 5.76. The van der Waals surface area contributed by atoms with Gasteiger partial charge in [0.05, 0.1) is 17.6 Å². The molecule has 154 valence electrons. The molecule has 30 heavy (non-hydrogen) atoms. The fourth-order valence-corrected chi connectivity index (χ4v) is 3.76. The van der Waals surface area contributed by atoms with Crippen molar-refractivity contribution in [1.29, 1.82) is 0 Å². The number of para-hydroxylation sites is 3. The van der Waals surface area contributed by atoms with Crippen LogP contribution >= 0.6 is 0 Å². The summed E-state index contributed by atoms with van der Waals surface area (Å²) in [7, 11) is 0. The number of rotatable bonds is 8. The second kappa shape index (κ2) is 9.04. The van der Waals surface area contributed by atoms with Crippen LogP contribution in [0.2, 0.25) is 0 Å². The molecule has 0 saturated carbocycles. The predicted molar refractivity (Wildman–Crippen MR) is 121 cm³/mol. The van der Waals surface area contributed by atoms with Gasteiger partial charge in [-0.25, -0.2) is 4.98 Å². The topological polar surface area (TPSA) is 36.3 Å². The van der Waals surface area contributed by atoms with Gasteiger partial charge in [0.1, 0.15) is 11.5 Å². The number of hydrogen-bond acceptors (Lipinski definition) is 3. The second-order valence-electron chi connectivity index (χ2n) is 7.65. The van der Waals surface area contributed by atoms with Gasteiger partial charge in [-0.3, -0.25) is 0 Å². The van der Waals surface area contributed by atoms with E-state index in [1.165, 1.54) is 11.1 Å². The van der Waals surface area contributed by atoms with Gasteiger partial charge >= 0.3 is 0 Å². The normalized spacial score (nSPS) is 12.1. The molecule has 0 bridgehead atoms. The van der Waals surface area contributed by atoms with Gasteiger partial charge in [-0.2, -0.15) is 0 Å². The smallest absolute Gasteiger partial charge is 0.153 e. The van der Waals surface area contributed by atoms with E-state index in [4.69, 9.17) is 14.5 Å². The van der Waals surface area contributed by atoms with E-state index in [1.54, 1.807) is 0 Å². The average Bonchev–Trinajstić information content (AvgIpc) is 3.12. The van der Waals surface area contributed by atoms with E-state index < -0.39 is 0 Å². The van der Waals surface area contributed by atoms with Crippen LogP contribution in [0.15, 0.2) is 72.8 Å². The molecule has 0 spiro atoms. The summed E-state index contributed by atoms with van der Waals surface area (Å²) in [5.41, 5.74) is 4.55. The van der Waals surface area contributed by atoms with Crippen molar-refractivity contribution in [2.24, 2.45) is 0 Å². The van der Waals surface area contributed by atoms with Crippen LogP contribution in [-0.4, -0.2) is 16.2 Å². The van der Waals surface area contributed by atoms with E-state index in [9.17, 15) is 0 Å². The molecule has 0 N–H and O–H groups in total. The Balaban J connectivity index is 1.48. The molecule has 0 aliphatic carbocycles. The average molecular weight is 401 g/mol. The van der Waals surface area contributed by atoms with E-state index in [2.05, 4.69) is 61.7 Å². The molecule has 1 heterocycles. The Hall–Kier alpha value is -3.27. The van der Waals surface area contributed by atoms with Crippen LogP contribution in [0.3, 0.4) is 0 Å². The summed E-state index contributed by atoms with van der Waals surface area (Å²) in [6.45, 7) is 7.72. The van der Waals surface area contributed by atoms with Crippen LogP contribution in [0.25, 0.3) is 11.0 Å². The highest BCUT2D eigenvalue weighted by atomic mass is 16.5. The van der Waals surface area contributed by atoms with Crippen molar-refractivity contribution < 1.29 is 9.47 Å². The van der Waals surface area contributed by atoms with Crippen molar-refractivity contribution in [3.05, 3.63) is 89.7 Å². The summed E-state index contributed by atoms with van der Waals surface area (Å²) in [6.07, 6.45) is 0.735. The lowest BCUT2D eigenvalue weighted by Gasteiger charge is -2.17. The number of nitrogens with zero attached hydrogens (tertiary/aromatic N) is 2. The van der Waals surface area contributed by atoms with Gasteiger partial charge in [-0.05, 0) is 63.1 Å². The largest absolute Gasteiger partial charge is 0.493 e. The third-order valence-electron chi connectivity index (χ3n) is 5.22. The van der Waals surface area contributed by atoms with Gasteiger partial charge in [0, 0.05) is 6.54 Å². The molecule has 0 amide bonds. The summed E-state index contributed by atoms with van der Waals surface area (Å²) in [5.74, 6) is 2.74. The number of benzene rings is 3. The van der Waals surface area contributed by atoms with E-state index in [-0.39, 0.29) is 6.10 Å². The van der Waals surface area contributed by atoms with E-state index in [1.807, 2.05) is 36.4 Å². The molecule has 0 aliphatic heterocycles. The van der Waals surface area contributed by atoms with Crippen LogP contribution in [0, 0.1) is 13.8 Å². The van der Waals surface area contributed by atoms with Crippen molar-refractivity contribution >= 4 is 11.0 Å². The van der Waals surface area contributed by atoms with Crippen molar-refractivity contribution in [2.45, 2.75) is 39.8 Å². The van der Waals surface area contributed by atoms with E-state index in [0.29, 0.717) is 6.61 Å². The maximum atomic E-state index is 6.16. The minimum Gasteiger partial charge on any atom is -0.493 e. The molecule has 0 fully saturated rings. The summed E-state index contributed by atoms with van der Waals surface area (Å²) in [6, 6.07) is 24.4. The van der Waals surface area contributed by atoms with Crippen LogP contribution in [0.4, 0.5) is 0 Å². The monoisotopic (exact) mass is 400 g/mol. The fraction of sp³-hybridized carbons (Fsp3) is 0.269. The quantitative estimate of drug-likeness (QED) is 0.327. The maximum absolute atomic E-state index is 6.16. The Kier molecular flexibility index (Phi) is 6.03. The minimum atomic E-state index is -0.153. The van der Waals surface area contributed by atoms with Gasteiger partial charge in [-0.15, -0.1) is 0 Å². The molecule has 1 aromatic heterocycles. The van der Waals surface area contributed by atoms with Crippen LogP contribution in [0.1, 0.15) is 36.4 Å². The van der Waals surface area contributed by atoms with Crippen molar-refractivity contribution in [1.82, 2.24) is 9.55 Å². The van der Waals surface area contributed by atoms with Gasteiger partial charge < -0.3 is 14.0 Å². The lowest BCUT2D eigenvalue weighted by atomic mass is 10.1. The van der Waals surface area contributed by atoms with Crippen molar-refractivity contribution in [2.75, 3.05) is 6.61 Å². The Morgan fingerprint density at radius 1 is 0.933 bits per heavy atom. The van der Waals surface area contributed by atoms with Crippen molar-refractivity contribution in [3.63, 3.8) is 0 Å². The third-order valence-corrected chi connectivity index (χ3v) is 5.22. The highest BCUT2D eigenvalue weighted by Crippen LogP contribution is 2.26. The number of fused-ring (bicyclic) bond motifs is 1. The second-order valence-corrected chi connectivity index (χ2v) is 7.65. The summed E-state index contributed by atoms with van der Waals surface area (Å²) < 4.78 is 14.4. The molecular formula is C26H28N2O2. The molecular weight excluding hydrogens is 372 g/mol. The van der Waals surface area contributed by atoms with Gasteiger partial charge in [0.25, 0.3) is 0 Å². The van der Waals surface area contributed by atoms with Gasteiger partial charge in [-0.1, -0.05) is 48.0 Å². The zero-order valence-electron chi connectivity index (χ0n) is 17.8. The third kappa shape index (κ3) is 4.48. The lowest BCUT2D eigenvalue weighted by Crippen LogP contribution is -2.13. The summed E-state index contributed by atoms with van der Waals surface area (Å²) >= 11 is 0. The molecule has 4 nitrogen and oxygen atoms in total. The zero-order chi connectivity index (χ0) is 20.9. The Labute approximate surface area is 178 Å². The van der Waals surface area contributed by atoms with Gasteiger partial charge in [0.15, 0.2) is 11.9 Å². The molecule has 3 aromatic carbocycles. The number of aromatic nitrogens is 2. The van der Waals surface area contributed by atoms with Crippen LogP contribution in [-0.2, 0) is 6.54 Å². The fourth-order valence-electron chi connectivity index (χ4n) is 3.76. The molecule has 4 rings (SSSR count). The SMILES string of the molecule is Cc1ccc(OCCCn2c(C(C)Oc3ccccc3)nc3ccccc32)c(C)c1. The maximum Gasteiger partial charge on any atom is 0.153 e. The predicted octanol–water partition coefficient (Wildman–Crippen LogP) is 6.26. The highest BCUT2D eigenvalue weighted by Gasteiger charge is 2.18. The molecule has 4 heteroatoms. The number of hydrogen-bond donors (Lipinski definition) is 0. The molecule has 0 aliphatic rings. The standard InChI is InChI=1S/C26H28N2O2/c1-19-14-15-25(20(2)18-19)29-17-9-16-28-24-13-8-7-12-23(24)27-26(28)21(3)30-22-10-5-4-6-11-22/h4-8,10-15,18,21H,9,16-17H2,1-3H3.